The monoisotopic (exact) mass is 224 g/mol. The van der Waals surface area contributed by atoms with Crippen LogP contribution in [0.3, 0.4) is 0 Å². The average molecular weight is 224 g/mol. The Morgan fingerprint density at radius 2 is 2.50 bits per heavy atom. The van der Waals surface area contributed by atoms with Gasteiger partial charge in [0.2, 0.25) is 0 Å². The summed E-state index contributed by atoms with van der Waals surface area (Å²) >= 11 is 0. The number of nitrogens with zero attached hydrogens (tertiary/aromatic N) is 2. The summed E-state index contributed by atoms with van der Waals surface area (Å²) in [6.07, 6.45) is 1.65. The maximum Gasteiger partial charge on any atom is 0.302 e. The highest BCUT2D eigenvalue weighted by atomic mass is 16.6. The van der Waals surface area contributed by atoms with Gasteiger partial charge < -0.3 is 14.6 Å². The number of aryl methyl sites for hydroxylation is 1. The molecule has 3 heterocycles. The minimum atomic E-state index is -0.331. The molecule has 1 saturated heterocycles. The van der Waals surface area contributed by atoms with Gasteiger partial charge in [-0.3, -0.25) is 9.36 Å². The number of aliphatic hydroxyl groups is 1. The lowest BCUT2D eigenvalue weighted by Gasteiger charge is -2.23. The van der Waals surface area contributed by atoms with Gasteiger partial charge in [-0.15, -0.1) is 0 Å². The molecule has 0 amide bonds. The predicted molar refractivity (Wildman–Crippen MR) is 53.3 cm³/mol. The zero-order chi connectivity index (χ0) is 11.3. The van der Waals surface area contributed by atoms with Gasteiger partial charge >= 0.3 is 6.01 Å². The van der Waals surface area contributed by atoms with Crippen LogP contribution >= 0.6 is 0 Å². The van der Waals surface area contributed by atoms with Gasteiger partial charge in [-0.2, -0.15) is 4.98 Å². The van der Waals surface area contributed by atoms with Gasteiger partial charge in [-0.1, -0.05) is 0 Å². The molecular weight excluding hydrogens is 212 g/mol. The Labute approximate surface area is 91.4 Å². The Bertz CT molecular complexity index is 484. The van der Waals surface area contributed by atoms with Crippen LogP contribution in [0.1, 0.15) is 18.2 Å². The van der Waals surface area contributed by atoms with Crippen molar-refractivity contribution in [2.45, 2.75) is 31.8 Å². The third-order valence-electron chi connectivity index (χ3n) is 3.02. The number of rotatable bonds is 1. The molecule has 0 aliphatic carbocycles. The van der Waals surface area contributed by atoms with Gasteiger partial charge in [-0.05, 0) is 6.92 Å². The number of aromatic nitrogens is 2. The first-order chi connectivity index (χ1) is 7.69. The summed E-state index contributed by atoms with van der Waals surface area (Å²) in [5.41, 5.74) is 0.273. The summed E-state index contributed by atoms with van der Waals surface area (Å²) in [6.45, 7) is 1.62. The number of fused-ring (bicyclic) bond motifs is 4. The molecule has 1 aromatic heterocycles. The first kappa shape index (κ1) is 9.80. The van der Waals surface area contributed by atoms with Crippen molar-refractivity contribution in [3.05, 3.63) is 22.1 Å². The molecule has 2 aliphatic heterocycles. The molecule has 2 bridgehead atoms. The summed E-state index contributed by atoms with van der Waals surface area (Å²) in [5, 5.41) is 9.10. The van der Waals surface area contributed by atoms with E-state index >= 15 is 0 Å². The van der Waals surface area contributed by atoms with Crippen LogP contribution in [-0.4, -0.2) is 33.5 Å². The smallest absolute Gasteiger partial charge is 0.302 e. The Morgan fingerprint density at radius 1 is 1.69 bits per heavy atom. The van der Waals surface area contributed by atoms with Crippen LogP contribution in [0.15, 0.2) is 11.0 Å². The molecular formula is C10H12N2O4. The molecule has 2 aliphatic rings. The second-order valence-electron chi connectivity index (χ2n) is 4.12. The zero-order valence-electron chi connectivity index (χ0n) is 8.79. The van der Waals surface area contributed by atoms with E-state index in [0.717, 1.165) is 0 Å². The summed E-state index contributed by atoms with van der Waals surface area (Å²) < 4.78 is 12.8. The summed E-state index contributed by atoms with van der Waals surface area (Å²) in [5.74, 6) is 0. The first-order valence-electron chi connectivity index (χ1n) is 5.22. The first-order valence-corrected chi connectivity index (χ1v) is 5.22. The van der Waals surface area contributed by atoms with E-state index in [1.165, 1.54) is 0 Å². The van der Waals surface area contributed by atoms with Crippen molar-refractivity contribution in [3.8, 4) is 6.01 Å². The summed E-state index contributed by atoms with van der Waals surface area (Å²) in [4.78, 5) is 15.2. The lowest BCUT2D eigenvalue weighted by atomic mass is 10.1. The fourth-order valence-corrected chi connectivity index (χ4v) is 2.14. The van der Waals surface area contributed by atoms with Crippen LogP contribution in [0, 0.1) is 6.92 Å². The minimum absolute atomic E-state index is 0.0844. The molecule has 3 rings (SSSR count). The van der Waals surface area contributed by atoms with Crippen LogP contribution in [0.4, 0.5) is 0 Å². The Balaban J connectivity index is 2.06. The number of hydrogen-bond acceptors (Lipinski definition) is 5. The van der Waals surface area contributed by atoms with E-state index in [2.05, 4.69) is 4.98 Å². The van der Waals surface area contributed by atoms with Crippen LogP contribution in [0.25, 0.3) is 0 Å². The van der Waals surface area contributed by atoms with Gasteiger partial charge in [0.1, 0.15) is 18.4 Å². The molecule has 1 N–H and O–H groups in total. The van der Waals surface area contributed by atoms with Crippen molar-refractivity contribution in [2.75, 3.05) is 6.61 Å². The van der Waals surface area contributed by atoms with Gasteiger partial charge in [0, 0.05) is 18.2 Å². The van der Waals surface area contributed by atoms with Gasteiger partial charge in [0.15, 0.2) is 0 Å². The molecule has 6 heteroatoms. The lowest BCUT2D eigenvalue weighted by Crippen LogP contribution is -2.33. The molecule has 16 heavy (non-hydrogen) atoms. The molecule has 0 unspecified atom stereocenters. The highest BCUT2D eigenvalue weighted by Gasteiger charge is 2.42. The number of hydrogen-bond donors (Lipinski definition) is 1. The second-order valence-corrected chi connectivity index (χ2v) is 4.12. The van der Waals surface area contributed by atoms with Crippen LogP contribution < -0.4 is 10.3 Å². The molecule has 0 aromatic carbocycles. The SMILES string of the molecule is Cc1cn2c(nc1=O)O[C@H]1C[C@@H]2O[C@@H]1CO. The van der Waals surface area contributed by atoms with Gasteiger partial charge in [0.25, 0.3) is 5.56 Å². The molecule has 86 valence electrons. The standard InChI is InChI=1S/C10H12N2O4/c1-5-3-12-8-2-6(7(4-13)15-8)16-10(12)11-9(5)14/h3,6-8,13H,2,4H2,1H3/t6-,7+,8-/m0/s1. The molecule has 1 fully saturated rings. The third-order valence-corrected chi connectivity index (χ3v) is 3.02. The zero-order valence-corrected chi connectivity index (χ0v) is 8.79. The average Bonchev–Trinajstić information content (AvgIpc) is 2.60. The molecule has 6 nitrogen and oxygen atoms in total. The Kier molecular flexibility index (Phi) is 2.02. The number of ether oxygens (including phenoxy) is 2. The van der Waals surface area contributed by atoms with Gasteiger partial charge in [0.05, 0.1) is 6.61 Å². The van der Waals surface area contributed by atoms with Crippen molar-refractivity contribution in [2.24, 2.45) is 0 Å². The maximum absolute atomic E-state index is 11.4. The highest BCUT2D eigenvalue weighted by molar-refractivity contribution is 5.12. The van der Waals surface area contributed by atoms with E-state index in [4.69, 9.17) is 14.6 Å². The fourth-order valence-electron chi connectivity index (χ4n) is 2.14. The molecule has 0 radical (unpaired) electrons. The van der Waals surface area contributed by atoms with Crippen LogP contribution in [0.5, 0.6) is 6.01 Å². The predicted octanol–water partition coefficient (Wildman–Crippen LogP) is -0.407. The van der Waals surface area contributed by atoms with E-state index in [1.807, 2.05) is 0 Å². The normalized spacial score (nSPS) is 31.0. The Morgan fingerprint density at radius 3 is 3.25 bits per heavy atom. The van der Waals surface area contributed by atoms with E-state index in [0.29, 0.717) is 12.0 Å². The van der Waals surface area contributed by atoms with Gasteiger partial charge in [-0.25, -0.2) is 0 Å². The maximum atomic E-state index is 11.4. The lowest BCUT2D eigenvalue weighted by molar-refractivity contribution is -0.0247. The third kappa shape index (κ3) is 1.27. The largest absolute Gasteiger partial charge is 0.458 e. The summed E-state index contributed by atoms with van der Waals surface area (Å²) in [6, 6.07) is 0.285. The minimum Gasteiger partial charge on any atom is -0.458 e. The summed E-state index contributed by atoms with van der Waals surface area (Å²) in [7, 11) is 0. The van der Waals surface area contributed by atoms with Crippen molar-refractivity contribution in [1.82, 2.24) is 9.55 Å². The van der Waals surface area contributed by atoms with Crippen molar-refractivity contribution < 1.29 is 14.6 Å². The second kappa shape index (κ2) is 3.29. The Hall–Kier alpha value is -1.40. The van der Waals surface area contributed by atoms with E-state index < -0.39 is 0 Å². The van der Waals surface area contributed by atoms with Crippen molar-refractivity contribution in [1.29, 1.82) is 0 Å². The molecule has 3 atom stereocenters. The molecule has 1 aromatic rings. The van der Waals surface area contributed by atoms with Crippen molar-refractivity contribution in [3.63, 3.8) is 0 Å². The molecule has 0 saturated carbocycles. The van der Waals surface area contributed by atoms with E-state index in [-0.39, 0.29) is 36.6 Å². The van der Waals surface area contributed by atoms with Crippen molar-refractivity contribution >= 4 is 0 Å². The fraction of sp³-hybridized carbons (Fsp3) is 0.600. The topological polar surface area (TPSA) is 73.6 Å². The van der Waals surface area contributed by atoms with E-state index in [1.54, 1.807) is 17.7 Å². The highest BCUT2D eigenvalue weighted by Crippen LogP contribution is 2.37. The van der Waals surface area contributed by atoms with Crippen LogP contribution in [-0.2, 0) is 4.74 Å². The quantitative estimate of drug-likeness (QED) is 0.702. The van der Waals surface area contributed by atoms with E-state index in [9.17, 15) is 4.79 Å². The number of aliphatic hydroxyl groups excluding tert-OH is 1. The molecule has 0 spiro atoms. The van der Waals surface area contributed by atoms with Crippen LogP contribution in [0.2, 0.25) is 0 Å².